The van der Waals surface area contributed by atoms with Crippen LogP contribution in [-0.2, 0) is 0 Å². The monoisotopic (exact) mass is 185 g/mol. The molecule has 1 heterocycles. The summed E-state index contributed by atoms with van der Waals surface area (Å²) in [5.74, 6) is 1.01. The van der Waals surface area contributed by atoms with E-state index in [4.69, 9.17) is 15.6 Å². The van der Waals surface area contributed by atoms with E-state index in [1.54, 1.807) is 6.20 Å². The molecule has 3 N–H and O–H groups in total. The minimum Gasteiger partial charge on any atom is -0.440 e. The maximum atomic E-state index is 7.14. The summed E-state index contributed by atoms with van der Waals surface area (Å²) < 4.78 is 5.00. The van der Waals surface area contributed by atoms with Crippen molar-refractivity contribution in [1.29, 1.82) is 5.41 Å². The molecule has 0 aliphatic heterocycles. The third-order valence-corrected chi connectivity index (χ3v) is 2.51. The zero-order valence-corrected chi connectivity index (χ0v) is 7.60. The molecule has 0 radical (unpaired) electrons. The summed E-state index contributed by atoms with van der Waals surface area (Å²) in [5, 5.41) is 7.77. The van der Waals surface area contributed by atoms with Crippen molar-refractivity contribution in [3.63, 3.8) is 0 Å². The van der Waals surface area contributed by atoms with E-state index in [0.29, 0.717) is 5.22 Å². The summed E-state index contributed by atoms with van der Waals surface area (Å²) in [4.78, 5) is 3.93. The molecule has 12 heavy (non-hydrogen) atoms. The lowest BCUT2D eigenvalue weighted by Gasteiger charge is -2.05. The van der Waals surface area contributed by atoms with Gasteiger partial charge in [-0.15, -0.1) is 0 Å². The standard InChI is InChI=1S/C7H11N3OS/c1-5(6(8)9)4-12-7-10-2-3-11-7/h2-3,5H,4H2,1H3,(H3,8,9). The molecule has 1 atom stereocenters. The van der Waals surface area contributed by atoms with Gasteiger partial charge < -0.3 is 10.2 Å². The summed E-state index contributed by atoms with van der Waals surface area (Å²) in [5.41, 5.74) is 5.29. The second kappa shape index (κ2) is 4.15. The second-order valence-electron chi connectivity index (χ2n) is 2.47. The van der Waals surface area contributed by atoms with Gasteiger partial charge in [0.15, 0.2) is 0 Å². The van der Waals surface area contributed by atoms with Crippen LogP contribution in [0.25, 0.3) is 0 Å². The van der Waals surface area contributed by atoms with E-state index in [0.717, 1.165) is 5.75 Å². The number of nitrogens with zero attached hydrogens (tertiary/aromatic N) is 1. The lowest BCUT2D eigenvalue weighted by molar-refractivity contribution is 0.454. The molecule has 0 fully saturated rings. The van der Waals surface area contributed by atoms with Gasteiger partial charge in [0.2, 0.25) is 0 Å². The number of hydrogen-bond donors (Lipinski definition) is 2. The normalized spacial score (nSPS) is 12.8. The molecular weight excluding hydrogens is 174 g/mol. The number of thioether (sulfide) groups is 1. The van der Waals surface area contributed by atoms with E-state index in [-0.39, 0.29) is 11.8 Å². The molecule has 1 aromatic rings. The molecule has 0 saturated carbocycles. The van der Waals surface area contributed by atoms with E-state index in [9.17, 15) is 0 Å². The number of hydrogen-bond acceptors (Lipinski definition) is 4. The van der Waals surface area contributed by atoms with E-state index >= 15 is 0 Å². The van der Waals surface area contributed by atoms with Crippen molar-refractivity contribution in [3.05, 3.63) is 12.5 Å². The number of oxazole rings is 1. The number of nitrogens with one attached hydrogen (secondary N) is 1. The number of rotatable bonds is 4. The minimum atomic E-state index is 0.0712. The third-order valence-electron chi connectivity index (χ3n) is 1.40. The molecule has 1 unspecified atom stereocenters. The Morgan fingerprint density at radius 3 is 3.17 bits per heavy atom. The minimum absolute atomic E-state index is 0.0712. The van der Waals surface area contributed by atoms with E-state index < -0.39 is 0 Å². The maximum absolute atomic E-state index is 7.14. The van der Waals surface area contributed by atoms with Gasteiger partial charge in [-0.3, -0.25) is 5.41 Å². The Bertz CT molecular complexity index is 247. The molecule has 66 valence electrons. The SMILES string of the molecule is CC(CSc1ncco1)C(=N)N. The van der Waals surface area contributed by atoms with Crippen molar-refractivity contribution < 1.29 is 4.42 Å². The molecule has 0 aromatic carbocycles. The van der Waals surface area contributed by atoms with Crippen LogP contribution in [0.15, 0.2) is 22.1 Å². The highest BCUT2D eigenvalue weighted by atomic mass is 32.2. The maximum Gasteiger partial charge on any atom is 0.255 e. The van der Waals surface area contributed by atoms with Gasteiger partial charge in [-0.25, -0.2) is 4.98 Å². The smallest absolute Gasteiger partial charge is 0.255 e. The Morgan fingerprint density at radius 2 is 2.67 bits per heavy atom. The van der Waals surface area contributed by atoms with Gasteiger partial charge >= 0.3 is 0 Å². The molecule has 0 spiro atoms. The van der Waals surface area contributed by atoms with Gasteiger partial charge in [-0.1, -0.05) is 18.7 Å². The molecule has 0 saturated heterocycles. The van der Waals surface area contributed by atoms with Crippen LogP contribution in [0.5, 0.6) is 0 Å². The quantitative estimate of drug-likeness (QED) is 0.421. The summed E-state index contributed by atoms with van der Waals surface area (Å²) >= 11 is 1.46. The van der Waals surface area contributed by atoms with Crippen LogP contribution >= 0.6 is 11.8 Å². The zero-order valence-electron chi connectivity index (χ0n) is 6.78. The van der Waals surface area contributed by atoms with Crippen molar-refractivity contribution in [2.24, 2.45) is 11.7 Å². The Balaban J connectivity index is 2.31. The van der Waals surface area contributed by atoms with E-state index in [1.165, 1.54) is 18.0 Å². The van der Waals surface area contributed by atoms with E-state index in [1.807, 2.05) is 6.92 Å². The first-order valence-corrected chi connectivity index (χ1v) is 4.55. The van der Waals surface area contributed by atoms with Crippen molar-refractivity contribution in [3.8, 4) is 0 Å². The first-order chi connectivity index (χ1) is 5.70. The van der Waals surface area contributed by atoms with Crippen molar-refractivity contribution in [1.82, 2.24) is 4.98 Å². The second-order valence-corrected chi connectivity index (χ2v) is 3.44. The van der Waals surface area contributed by atoms with Gasteiger partial charge in [0, 0.05) is 11.7 Å². The molecule has 5 heteroatoms. The van der Waals surface area contributed by atoms with Crippen molar-refractivity contribution in [2.75, 3.05) is 5.75 Å². The van der Waals surface area contributed by atoms with Crippen LogP contribution in [-0.4, -0.2) is 16.6 Å². The molecule has 1 rings (SSSR count). The largest absolute Gasteiger partial charge is 0.440 e. The first-order valence-electron chi connectivity index (χ1n) is 3.56. The fourth-order valence-electron chi connectivity index (χ4n) is 0.568. The Kier molecular flexibility index (Phi) is 3.16. The van der Waals surface area contributed by atoms with Gasteiger partial charge in [0.05, 0.1) is 12.0 Å². The molecule has 0 aliphatic carbocycles. The lowest BCUT2D eigenvalue weighted by atomic mass is 10.2. The summed E-state index contributed by atoms with van der Waals surface area (Å²) in [7, 11) is 0. The van der Waals surface area contributed by atoms with Crippen LogP contribution in [0, 0.1) is 11.3 Å². The number of amidine groups is 1. The van der Waals surface area contributed by atoms with Gasteiger partial charge in [-0.2, -0.15) is 0 Å². The molecule has 1 aromatic heterocycles. The topological polar surface area (TPSA) is 75.9 Å². The average Bonchev–Trinajstić information content (AvgIpc) is 2.51. The lowest BCUT2D eigenvalue weighted by Crippen LogP contribution is -2.21. The molecule has 4 nitrogen and oxygen atoms in total. The molecular formula is C7H11N3OS. The number of nitrogens with two attached hydrogens (primary N) is 1. The molecule has 0 aliphatic rings. The van der Waals surface area contributed by atoms with Crippen LogP contribution in [0.1, 0.15) is 6.92 Å². The van der Waals surface area contributed by atoms with Crippen LogP contribution < -0.4 is 5.73 Å². The third kappa shape index (κ3) is 2.58. The summed E-state index contributed by atoms with van der Waals surface area (Å²) in [6.07, 6.45) is 3.13. The zero-order chi connectivity index (χ0) is 8.97. The number of aromatic nitrogens is 1. The molecule has 0 bridgehead atoms. The Labute approximate surface area is 75.1 Å². The Hall–Kier alpha value is -0.970. The Morgan fingerprint density at radius 1 is 1.92 bits per heavy atom. The molecule has 0 amide bonds. The highest BCUT2D eigenvalue weighted by Crippen LogP contribution is 2.17. The van der Waals surface area contributed by atoms with Crippen molar-refractivity contribution >= 4 is 17.6 Å². The van der Waals surface area contributed by atoms with Gasteiger partial charge in [0.25, 0.3) is 5.22 Å². The summed E-state index contributed by atoms with van der Waals surface area (Å²) in [6.45, 7) is 1.90. The highest BCUT2D eigenvalue weighted by Gasteiger charge is 2.07. The predicted molar refractivity (Wildman–Crippen MR) is 48.3 cm³/mol. The fourth-order valence-corrected chi connectivity index (χ4v) is 1.40. The van der Waals surface area contributed by atoms with Crippen molar-refractivity contribution in [2.45, 2.75) is 12.1 Å². The van der Waals surface area contributed by atoms with Gasteiger partial charge in [-0.05, 0) is 0 Å². The fraction of sp³-hybridized carbons (Fsp3) is 0.429. The predicted octanol–water partition coefficient (Wildman–Crippen LogP) is 1.34. The van der Waals surface area contributed by atoms with Crippen LogP contribution in [0.3, 0.4) is 0 Å². The highest BCUT2D eigenvalue weighted by molar-refractivity contribution is 7.99. The first kappa shape index (κ1) is 9.12. The average molecular weight is 185 g/mol. The van der Waals surface area contributed by atoms with Crippen LogP contribution in [0.4, 0.5) is 0 Å². The van der Waals surface area contributed by atoms with Gasteiger partial charge in [0.1, 0.15) is 6.26 Å². The summed E-state index contributed by atoms with van der Waals surface area (Å²) in [6, 6.07) is 0. The van der Waals surface area contributed by atoms with Crippen LogP contribution in [0.2, 0.25) is 0 Å². The van der Waals surface area contributed by atoms with E-state index in [2.05, 4.69) is 4.98 Å².